The van der Waals surface area contributed by atoms with Crippen LogP contribution in [0.5, 0.6) is 5.75 Å². The highest BCUT2D eigenvalue weighted by Crippen LogP contribution is 2.28. The molecule has 2 heteroatoms. The fourth-order valence-electron chi connectivity index (χ4n) is 2.30. The largest absolute Gasteiger partial charge is 0.497 e. The fraction of sp³-hybridized carbons (Fsp3) is 0.0526. The van der Waals surface area contributed by atoms with Gasteiger partial charge in [-0.25, -0.2) is 0 Å². The Kier molecular flexibility index (Phi) is 3.94. The molecule has 0 heterocycles. The molecule has 0 N–H and O–H groups in total. The lowest BCUT2D eigenvalue weighted by Gasteiger charge is -2.07. The molecule has 0 amide bonds. The molecule has 0 unspecified atom stereocenters. The van der Waals surface area contributed by atoms with E-state index in [4.69, 9.17) is 16.3 Å². The summed E-state index contributed by atoms with van der Waals surface area (Å²) in [5.41, 5.74) is 4.70. The molecule has 3 rings (SSSR count). The smallest absolute Gasteiger partial charge is 0.118 e. The molecule has 0 atom stereocenters. The molecule has 0 saturated heterocycles. The molecule has 1 nitrogen and oxygen atoms in total. The number of methoxy groups -OCH3 is 1. The zero-order valence-corrected chi connectivity index (χ0v) is 12.5. The lowest BCUT2D eigenvalue weighted by molar-refractivity contribution is 0.415. The van der Waals surface area contributed by atoms with Crippen molar-refractivity contribution in [3.8, 4) is 28.0 Å². The van der Waals surface area contributed by atoms with Crippen molar-refractivity contribution in [2.75, 3.05) is 7.11 Å². The average Bonchev–Trinajstić information content (AvgIpc) is 2.56. The second-order valence-electron chi connectivity index (χ2n) is 4.82. The molecular weight excluding hydrogens is 280 g/mol. The molecule has 0 spiro atoms. The maximum atomic E-state index is 5.94. The second kappa shape index (κ2) is 6.02. The zero-order valence-electron chi connectivity index (χ0n) is 11.7. The number of rotatable bonds is 3. The van der Waals surface area contributed by atoms with Crippen LogP contribution >= 0.6 is 11.6 Å². The maximum absolute atomic E-state index is 5.94. The first-order valence-electron chi connectivity index (χ1n) is 6.77. The highest BCUT2D eigenvalue weighted by molar-refractivity contribution is 6.30. The Morgan fingerprint density at radius 3 is 1.71 bits per heavy atom. The minimum atomic E-state index is 0.755. The van der Waals surface area contributed by atoms with Gasteiger partial charge in [0.05, 0.1) is 7.11 Å². The van der Waals surface area contributed by atoms with Crippen molar-refractivity contribution in [3.63, 3.8) is 0 Å². The van der Waals surface area contributed by atoms with E-state index in [0.29, 0.717) is 0 Å². The third-order valence-corrected chi connectivity index (χ3v) is 3.72. The topological polar surface area (TPSA) is 9.23 Å². The van der Waals surface area contributed by atoms with Gasteiger partial charge in [-0.3, -0.25) is 0 Å². The van der Waals surface area contributed by atoms with E-state index in [9.17, 15) is 0 Å². The Morgan fingerprint density at radius 2 is 1.19 bits per heavy atom. The predicted molar refractivity (Wildman–Crippen MR) is 88.9 cm³/mol. The Bertz CT molecular complexity index is 730. The second-order valence-corrected chi connectivity index (χ2v) is 5.25. The van der Waals surface area contributed by atoms with Gasteiger partial charge in [-0.05, 0) is 52.6 Å². The van der Waals surface area contributed by atoms with Crippen molar-refractivity contribution in [3.05, 3.63) is 77.8 Å². The molecule has 0 saturated carbocycles. The quantitative estimate of drug-likeness (QED) is 0.603. The summed E-state index contributed by atoms with van der Waals surface area (Å²) in [6, 6.07) is 24.5. The average molecular weight is 295 g/mol. The van der Waals surface area contributed by atoms with Crippen LogP contribution in [0.25, 0.3) is 22.3 Å². The van der Waals surface area contributed by atoms with Crippen LogP contribution in [-0.4, -0.2) is 7.11 Å². The summed E-state index contributed by atoms with van der Waals surface area (Å²) in [6.45, 7) is 0. The summed E-state index contributed by atoms with van der Waals surface area (Å²) >= 11 is 5.94. The van der Waals surface area contributed by atoms with Crippen molar-refractivity contribution in [1.82, 2.24) is 0 Å². The van der Waals surface area contributed by atoms with Crippen LogP contribution in [0.3, 0.4) is 0 Å². The molecule has 0 aromatic heterocycles. The summed E-state index contributed by atoms with van der Waals surface area (Å²) < 4.78 is 5.20. The maximum Gasteiger partial charge on any atom is 0.118 e. The van der Waals surface area contributed by atoms with Gasteiger partial charge in [0.2, 0.25) is 0 Å². The van der Waals surface area contributed by atoms with Gasteiger partial charge in [0, 0.05) is 5.02 Å². The highest BCUT2D eigenvalue weighted by Gasteiger charge is 2.02. The standard InChI is InChI=1S/C19H15ClO/c1-21-19-11-7-15(8-12-19)17-4-2-3-16(13-17)14-5-9-18(20)10-6-14/h2-13H,1H3. The van der Waals surface area contributed by atoms with Crippen LogP contribution in [-0.2, 0) is 0 Å². The van der Waals surface area contributed by atoms with Gasteiger partial charge in [-0.2, -0.15) is 0 Å². The molecule has 3 aromatic carbocycles. The number of hydrogen-bond acceptors (Lipinski definition) is 1. The molecule has 0 aliphatic rings. The Balaban J connectivity index is 1.97. The van der Waals surface area contributed by atoms with Crippen molar-refractivity contribution in [1.29, 1.82) is 0 Å². The van der Waals surface area contributed by atoms with Crippen molar-refractivity contribution in [2.24, 2.45) is 0 Å². The Morgan fingerprint density at radius 1 is 0.667 bits per heavy atom. The number of halogens is 1. The predicted octanol–water partition coefficient (Wildman–Crippen LogP) is 5.68. The van der Waals surface area contributed by atoms with Gasteiger partial charge < -0.3 is 4.74 Å². The third-order valence-electron chi connectivity index (χ3n) is 3.46. The summed E-state index contributed by atoms with van der Waals surface area (Å²) in [5, 5.41) is 0.755. The molecule has 0 aliphatic heterocycles. The van der Waals surface area contributed by atoms with Gasteiger partial charge in [0.15, 0.2) is 0 Å². The van der Waals surface area contributed by atoms with Gasteiger partial charge in [0.25, 0.3) is 0 Å². The van der Waals surface area contributed by atoms with E-state index in [1.54, 1.807) is 7.11 Å². The zero-order chi connectivity index (χ0) is 14.7. The normalized spacial score (nSPS) is 10.4. The highest BCUT2D eigenvalue weighted by atomic mass is 35.5. The van der Waals surface area contributed by atoms with Crippen LogP contribution in [0, 0.1) is 0 Å². The summed E-state index contributed by atoms with van der Waals surface area (Å²) in [6.07, 6.45) is 0. The minimum Gasteiger partial charge on any atom is -0.497 e. The van der Waals surface area contributed by atoms with E-state index >= 15 is 0 Å². The molecule has 0 aliphatic carbocycles. The first-order valence-corrected chi connectivity index (χ1v) is 7.14. The lowest BCUT2D eigenvalue weighted by atomic mass is 9.99. The first-order chi connectivity index (χ1) is 10.3. The van der Waals surface area contributed by atoms with Crippen molar-refractivity contribution >= 4 is 11.6 Å². The van der Waals surface area contributed by atoms with E-state index in [-0.39, 0.29) is 0 Å². The van der Waals surface area contributed by atoms with Crippen molar-refractivity contribution in [2.45, 2.75) is 0 Å². The van der Waals surface area contributed by atoms with E-state index in [1.165, 1.54) is 16.7 Å². The van der Waals surface area contributed by atoms with Crippen LogP contribution in [0.4, 0.5) is 0 Å². The SMILES string of the molecule is COc1ccc(-c2cccc(-c3ccc(Cl)cc3)c2)cc1. The van der Waals surface area contributed by atoms with Gasteiger partial charge in [0.1, 0.15) is 5.75 Å². The Hall–Kier alpha value is -2.25. The monoisotopic (exact) mass is 294 g/mol. The number of benzene rings is 3. The minimum absolute atomic E-state index is 0.755. The van der Waals surface area contributed by atoms with Gasteiger partial charge in [-0.15, -0.1) is 0 Å². The van der Waals surface area contributed by atoms with Gasteiger partial charge in [-0.1, -0.05) is 54.1 Å². The molecular formula is C19H15ClO. The Labute approximate surface area is 129 Å². The molecule has 21 heavy (non-hydrogen) atoms. The van der Waals surface area contributed by atoms with E-state index < -0.39 is 0 Å². The van der Waals surface area contributed by atoms with Crippen LogP contribution in [0.2, 0.25) is 5.02 Å². The molecule has 0 bridgehead atoms. The van der Waals surface area contributed by atoms with Crippen LogP contribution in [0.1, 0.15) is 0 Å². The van der Waals surface area contributed by atoms with Crippen LogP contribution in [0.15, 0.2) is 72.8 Å². The lowest BCUT2D eigenvalue weighted by Crippen LogP contribution is -1.84. The van der Waals surface area contributed by atoms with E-state index in [1.807, 2.05) is 36.4 Å². The van der Waals surface area contributed by atoms with E-state index in [0.717, 1.165) is 16.3 Å². The fourth-order valence-corrected chi connectivity index (χ4v) is 2.43. The number of hydrogen-bond donors (Lipinski definition) is 0. The van der Waals surface area contributed by atoms with Crippen molar-refractivity contribution < 1.29 is 4.74 Å². The summed E-state index contributed by atoms with van der Waals surface area (Å²) in [5.74, 6) is 0.868. The third kappa shape index (κ3) is 3.09. The molecule has 0 radical (unpaired) electrons. The molecule has 0 fully saturated rings. The summed E-state index contributed by atoms with van der Waals surface area (Å²) in [4.78, 5) is 0. The molecule has 104 valence electrons. The summed E-state index contributed by atoms with van der Waals surface area (Å²) in [7, 11) is 1.68. The van der Waals surface area contributed by atoms with Crippen LogP contribution < -0.4 is 4.74 Å². The number of ether oxygens (including phenoxy) is 1. The molecule has 3 aromatic rings. The van der Waals surface area contributed by atoms with Gasteiger partial charge >= 0.3 is 0 Å². The van der Waals surface area contributed by atoms with E-state index in [2.05, 4.69) is 36.4 Å². The first kappa shape index (κ1) is 13.7.